The van der Waals surface area contributed by atoms with Gasteiger partial charge in [0.15, 0.2) is 5.75 Å². The highest BCUT2D eigenvalue weighted by Gasteiger charge is 2.33. The van der Waals surface area contributed by atoms with Gasteiger partial charge in [0.05, 0.1) is 40.5 Å². The molecule has 0 radical (unpaired) electrons. The average Bonchev–Trinajstić information content (AvgIpc) is 3.14. The van der Waals surface area contributed by atoms with E-state index in [9.17, 15) is 4.79 Å². The maximum atomic E-state index is 13.0. The van der Waals surface area contributed by atoms with Crippen molar-refractivity contribution in [2.24, 2.45) is 0 Å². The number of benzene rings is 1. The van der Waals surface area contributed by atoms with Crippen molar-refractivity contribution in [1.29, 1.82) is 0 Å². The summed E-state index contributed by atoms with van der Waals surface area (Å²) in [5, 5.41) is 6.84. The van der Waals surface area contributed by atoms with Crippen molar-refractivity contribution in [3.05, 3.63) is 52.6 Å². The molecule has 3 N–H and O–H groups in total. The molecule has 1 aliphatic heterocycles. The molecule has 0 unspecified atom stereocenters. The van der Waals surface area contributed by atoms with Gasteiger partial charge in [0.1, 0.15) is 5.82 Å². The molecule has 0 saturated carbocycles. The van der Waals surface area contributed by atoms with Crippen molar-refractivity contribution in [2.45, 2.75) is 19.3 Å². The molecule has 0 aliphatic carbocycles. The van der Waals surface area contributed by atoms with Crippen molar-refractivity contribution in [3.8, 4) is 17.1 Å². The number of nitrogens with zero attached hydrogens (tertiary/aromatic N) is 2. The number of carbonyl (C=O) groups excluding carboxylic acids is 1. The van der Waals surface area contributed by atoms with E-state index < -0.39 is 0 Å². The number of ether oxygens (including phenoxy) is 2. The Kier molecular flexibility index (Phi) is 6.11. The summed E-state index contributed by atoms with van der Waals surface area (Å²) in [6.07, 6.45) is 2.47. The van der Waals surface area contributed by atoms with Gasteiger partial charge < -0.3 is 25.1 Å². The second-order valence-corrected chi connectivity index (χ2v) is 7.69. The summed E-state index contributed by atoms with van der Waals surface area (Å²) in [7, 11) is 3.23. The molecule has 9 heteroatoms. The minimum absolute atomic E-state index is 0.0890. The van der Waals surface area contributed by atoms with E-state index in [0.717, 1.165) is 12.1 Å². The van der Waals surface area contributed by atoms with Crippen LogP contribution in [0.3, 0.4) is 0 Å². The topological polar surface area (TPSA) is 101 Å². The molecule has 0 spiro atoms. The molecule has 3 heterocycles. The van der Waals surface area contributed by atoms with Gasteiger partial charge in [0.25, 0.3) is 5.91 Å². The van der Waals surface area contributed by atoms with Crippen LogP contribution in [0.1, 0.15) is 34.2 Å². The van der Waals surface area contributed by atoms with E-state index in [-0.39, 0.29) is 11.8 Å². The number of amides is 1. The van der Waals surface area contributed by atoms with E-state index in [1.807, 2.05) is 25.1 Å². The van der Waals surface area contributed by atoms with Gasteiger partial charge in [-0.05, 0) is 31.5 Å². The lowest BCUT2D eigenvalue weighted by Crippen LogP contribution is -2.35. The first-order chi connectivity index (χ1) is 15.0. The smallest absolute Gasteiger partial charge is 0.255 e. The standard InChI is InChI=1S/C22H24ClN5O3/c1-12-24-9-7-15(26-12)19-20(27-16-6-4-5-14(23)21(16)31-3)17-18(28-19)13(8-10-30-2)11-25-22(17)29/h4-7,9,13,27-28H,8,10-11H2,1-3H3,(H,25,29)/t13-/m1/s1. The summed E-state index contributed by atoms with van der Waals surface area (Å²) in [4.78, 5) is 25.2. The molecule has 0 fully saturated rings. The molecule has 1 aromatic carbocycles. The molecular formula is C22H24ClN5O3. The Morgan fingerprint density at radius 1 is 1.29 bits per heavy atom. The second-order valence-electron chi connectivity index (χ2n) is 7.29. The second kappa shape index (κ2) is 8.95. The fraction of sp³-hybridized carbons (Fsp3) is 0.318. The minimum atomic E-state index is -0.152. The van der Waals surface area contributed by atoms with E-state index in [1.54, 1.807) is 26.5 Å². The van der Waals surface area contributed by atoms with Crippen LogP contribution in [0.5, 0.6) is 5.75 Å². The first-order valence-electron chi connectivity index (χ1n) is 9.96. The Hall–Kier alpha value is -3.10. The fourth-order valence-electron chi connectivity index (χ4n) is 3.84. The van der Waals surface area contributed by atoms with Crippen LogP contribution in [0, 0.1) is 6.92 Å². The number of para-hydroxylation sites is 1. The third-order valence-corrected chi connectivity index (χ3v) is 5.60. The van der Waals surface area contributed by atoms with Gasteiger partial charge in [-0.25, -0.2) is 9.97 Å². The number of hydrogen-bond donors (Lipinski definition) is 3. The number of rotatable bonds is 7. The maximum Gasteiger partial charge on any atom is 0.255 e. The number of hydrogen-bond acceptors (Lipinski definition) is 6. The summed E-state index contributed by atoms with van der Waals surface area (Å²) >= 11 is 6.31. The summed E-state index contributed by atoms with van der Waals surface area (Å²) in [5.41, 5.74) is 4.07. The van der Waals surface area contributed by atoms with Crippen molar-refractivity contribution >= 4 is 28.9 Å². The Labute approximate surface area is 185 Å². The zero-order chi connectivity index (χ0) is 22.0. The molecule has 1 aliphatic rings. The molecule has 31 heavy (non-hydrogen) atoms. The normalized spacial score (nSPS) is 15.4. The Balaban J connectivity index is 1.89. The van der Waals surface area contributed by atoms with Gasteiger partial charge in [0.2, 0.25) is 0 Å². The number of aryl methyl sites for hydroxylation is 1. The highest BCUT2D eigenvalue weighted by molar-refractivity contribution is 6.32. The number of anilines is 2. The van der Waals surface area contributed by atoms with Gasteiger partial charge >= 0.3 is 0 Å². The van der Waals surface area contributed by atoms with Crippen LogP contribution in [-0.2, 0) is 4.74 Å². The number of fused-ring (bicyclic) bond motifs is 1. The summed E-state index contributed by atoms with van der Waals surface area (Å²) in [5.74, 6) is 1.07. The third kappa shape index (κ3) is 4.08. The first-order valence-corrected chi connectivity index (χ1v) is 10.3. The van der Waals surface area contributed by atoms with Crippen LogP contribution in [0.2, 0.25) is 5.02 Å². The zero-order valence-electron chi connectivity index (χ0n) is 17.6. The molecule has 1 amide bonds. The molecule has 3 aromatic rings. The molecule has 1 atom stereocenters. The van der Waals surface area contributed by atoms with Gasteiger partial charge in [-0.1, -0.05) is 17.7 Å². The first kappa shape index (κ1) is 21.1. The van der Waals surface area contributed by atoms with E-state index in [0.29, 0.717) is 58.1 Å². The van der Waals surface area contributed by atoms with Crippen molar-refractivity contribution in [2.75, 3.05) is 32.7 Å². The fourth-order valence-corrected chi connectivity index (χ4v) is 4.09. The predicted molar refractivity (Wildman–Crippen MR) is 119 cm³/mol. The number of halogens is 1. The Morgan fingerprint density at radius 3 is 2.87 bits per heavy atom. The van der Waals surface area contributed by atoms with Crippen LogP contribution in [-0.4, -0.2) is 48.2 Å². The van der Waals surface area contributed by atoms with E-state index in [1.165, 1.54) is 0 Å². The van der Waals surface area contributed by atoms with Crippen LogP contribution < -0.4 is 15.4 Å². The number of aromatic nitrogens is 3. The predicted octanol–water partition coefficient (Wildman–Crippen LogP) is 4.05. The Bertz CT molecular complexity index is 1110. The molecule has 0 bridgehead atoms. The van der Waals surface area contributed by atoms with Crippen molar-refractivity contribution in [1.82, 2.24) is 20.3 Å². The summed E-state index contributed by atoms with van der Waals surface area (Å²) in [6, 6.07) is 7.23. The number of carbonyl (C=O) groups is 1. The highest BCUT2D eigenvalue weighted by Crippen LogP contribution is 2.42. The van der Waals surface area contributed by atoms with Gasteiger partial charge in [-0.3, -0.25) is 4.79 Å². The van der Waals surface area contributed by atoms with Crippen LogP contribution in [0.15, 0.2) is 30.5 Å². The Morgan fingerprint density at radius 2 is 2.13 bits per heavy atom. The molecule has 8 nitrogen and oxygen atoms in total. The third-order valence-electron chi connectivity index (χ3n) is 5.31. The van der Waals surface area contributed by atoms with Crippen LogP contribution in [0.4, 0.5) is 11.4 Å². The monoisotopic (exact) mass is 441 g/mol. The number of H-pyrrole nitrogens is 1. The van der Waals surface area contributed by atoms with Crippen molar-refractivity contribution < 1.29 is 14.3 Å². The lowest BCUT2D eigenvalue weighted by Gasteiger charge is -2.23. The lowest BCUT2D eigenvalue weighted by molar-refractivity contribution is 0.0935. The lowest BCUT2D eigenvalue weighted by atomic mass is 9.94. The SMILES string of the molecule is COCC[C@@H]1CNC(=O)c2c1[nH]c(-c1ccnc(C)n1)c2Nc1cccc(Cl)c1OC. The molecule has 0 saturated heterocycles. The molecule has 4 rings (SSSR count). The van der Waals surface area contributed by atoms with Gasteiger partial charge in [-0.15, -0.1) is 0 Å². The van der Waals surface area contributed by atoms with Gasteiger partial charge in [-0.2, -0.15) is 0 Å². The zero-order valence-corrected chi connectivity index (χ0v) is 18.3. The summed E-state index contributed by atoms with van der Waals surface area (Å²) in [6.45, 7) is 2.96. The number of aromatic amines is 1. The molecule has 162 valence electrons. The van der Waals surface area contributed by atoms with Gasteiger partial charge in [0, 0.05) is 38.1 Å². The highest BCUT2D eigenvalue weighted by atomic mass is 35.5. The van der Waals surface area contributed by atoms with E-state index >= 15 is 0 Å². The average molecular weight is 442 g/mol. The number of nitrogens with one attached hydrogen (secondary N) is 3. The number of methoxy groups -OCH3 is 2. The quantitative estimate of drug-likeness (QED) is 0.511. The van der Waals surface area contributed by atoms with E-state index in [2.05, 4.69) is 25.6 Å². The van der Waals surface area contributed by atoms with E-state index in [4.69, 9.17) is 21.1 Å². The van der Waals surface area contributed by atoms with Crippen molar-refractivity contribution in [3.63, 3.8) is 0 Å². The van der Waals surface area contributed by atoms with Crippen LogP contribution >= 0.6 is 11.6 Å². The minimum Gasteiger partial charge on any atom is -0.493 e. The largest absolute Gasteiger partial charge is 0.493 e. The summed E-state index contributed by atoms with van der Waals surface area (Å²) < 4.78 is 10.8. The maximum absolute atomic E-state index is 13.0. The van der Waals surface area contributed by atoms with Crippen LogP contribution in [0.25, 0.3) is 11.4 Å². The molecule has 2 aromatic heterocycles. The molecular weight excluding hydrogens is 418 g/mol.